The quantitative estimate of drug-likeness (QED) is 0.709. The summed E-state index contributed by atoms with van der Waals surface area (Å²) < 4.78 is 11.0. The largest absolute Gasteiger partial charge is 0.461 e. The zero-order valence-corrected chi connectivity index (χ0v) is 15.1. The molecule has 1 aromatic carbocycles. The maximum atomic E-state index is 12.4. The minimum Gasteiger partial charge on any atom is -0.461 e. The fraction of sp³-hybridized carbons (Fsp3) is 0.650. The Kier molecular flexibility index (Phi) is 7.27. The van der Waals surface area contributed by atoms with Crippen molar-refractivity contribution in [1.29, 1.82) is 0 Å². The minimum atomic E-state index is -0.0901. The molecule has 1 aromatic rings. The predicted molar refractivity (Wildman–Crippen MR) is 97.3 cm³/mol. The second-order valence-corrected chi connectivity index (χ2v) is 7.01. The van der Waals surface area contributed by atoms with E-state index in [2.05, 4.69) is 9.80 Å². The Morgan fingerprint density at radius 3 is 2.48 bits per heavy atom. The lowest BCUT2D eigenvalue weighted by atomic mass is 10.1. The molecule has 2 aliphatic rings. The third kappa shape index (κ3) is 6.10. The monoisotopic (exact) mass is 346 g/mol. The lowest BCUT2D eigenvalue weighted by Crippen LogP contribution is -2.49. The van der Waals surface area contributed by atoms with Crippen LogP contribution in [0.25, 0.3) is 0 Å². The van der Waals surface area contributed by atoms with Crippen molar-refractivity contribution in [3.63, 3.8) is 0 Å². The van der Waals surface area contributed by atoms with E-state index in [0.29, 0.717) is 13.0 Å². The number of piperidine rings is 1. The molecular formula is C20H30N2O3. The number of carbonyl (C=O) groups excluding carboxylic acids is 1. The van der Waals surface area contributed by atoms with Gasteiger partial charge in [0.05, 0.1) is 19.6 Å². The smallest absolute Gasteiger partial charge is 0.307 e. The number of esters is 1. The second-order valence-electron chi connectivity index (χ2n) is 7.01. The van der Waals surface area contributed by atoms with E-state index in [1.807, 2.05) is 30.3 Å². The summed E-state index contributed by atoms with van der Waals surface area (Å²) in [6.07, 6.45) is 4.25. The fourth-order valence-corrected chi connectivity index (χ4v) is 3.66. The van der Waals surface area contributed by atoms with Gasteiger partial charge >= 0.3 is 5.97 Å². The van der Waals surface area contributed by atoms with E-state index in [-0.39, 0.29) is 12.0 Å². The molecule has 1 unspecified atom stereocenters. The van der Waals surface area contributed by atoms with Crippen molar-refractivity contribution in [3.8, 4) is 0 Å². The van der Waals surface area contributed by atoms with Gasteiger partial charge in [-0.15, -0.1) is 0 Å². The maximum Gasteiger partial charge on any atom is 0.307 e. The molecule has 2 heterocycles. The molecule has 0 radical (unpaired) electrons. The van der Waals surface area contributed by atoms with Crippen LogP contribution in [0.5, 0.6) is 0 Å². The van der Waals surface area contributed by atoms with E-state index < -0.39 is 0 Å². The predicted octanol–water partition coefficient (Wildman–Crippen LogP) is 2.31. The maximum absolute atomic E-state index is 12.4. The van der Waals surface area contributed by atoms with Crippen LogP contribution in [-0.2, 0) is 20.9 Å². The highest BCUT2D eigenvalue weighted by Crippen LogP contribution is 2.17. The van der Waals surface area contributed by atoms with Crippen molar-refractivity contribution in [3.05, 3.63) is 35.9 Å². The molecule has 5 heteroatoms. The molecule has 0 spiro atoms. The molecule has 3 rings (SSSR count). The van der Waals surface area contributed by atoms with E-state index in [1.54, 1.807) is 0 Å². The van der Waals surface area contributed by atoms with Crippen LogP contribution >= 0.6 is 0 Å². The summed E-state index contributed by atoms with van der Waals surface area (Å²) in [4.78, 5) is 17.3. The Labute approximate surface area is 150 Å². The highest BCUT2D eigenvalue weighted by Gasteiger charge is 2.26. The molecule has 2 aliphatic heterocycles. The Balaban J connectivity index is 1.52. The molecule has 0 bridgehead atoms. The van der Waals surface area contributed by atoms with Crippen LogP contribution in [-0.4, -0.2) is 67.7 Å². The number of morpholine rings is 1. The van der Waals surface area contributed by atoms with Crippen LogP contribution in [0, 0.1) is 0 Å². The van der Waals surface area contributed by atoms with Gasteiger partial charge in [-0.3, -0.25) is 14.6 Å². The first-order chi connectivity index (χ1) is 12.3. The molecule has 2 saturated heterocycles. The number of nitrogens with zero attached hydrogens (tertiary/aromatic N) is 2. The van der Waals surface area contributed by atoms with Gasteiger partial charge in [0, 0.05) is 25.7 Å². The van der Waals surface area contributed by atoms with Gasteiger partial charge in [0.2, 0.25) is 0 Å². The van der Waals surface area contributed by atoms with Crippen LogP contribution in [0.1, 0.15) is 31.2 Å². The number of hydrogen-bond acceptors (Lipinski definition) is 5. The molecule has 0 saturated carbocycles. The van der Waals surface area contributed by atoms with Crippen LogP contribution in [0.3, 0.4) is 0 Å². The molecule has 5 nitrogen and oxygen atoms in total. The molecular weight excluding hydrogens is 316 g/mol. The Hall–Kier alpha value is -1.43. The van der Waals surface area contributed by atoms with Crippen molar-refractivity contribution >= 4 is 5.97 Å². The van der Waals surface area contributed by atoms with E-state index in [9.17, 15) is 4.79 Å². The second kappa shape index (κ2) is 9.90. The molecule has 0 aromatic heterocycles. The summed E-state index contributed by atoms with van der Waals surface area (Å²) in [7, 11) is 0. The topological polar surface area (TPSA) is 42.0 Å². The third-order valence-electron chi connectivity index (χ3n) is 5.12. The van der Waals surface area contributed by atoms with Crippen molar-refractivity contribution in [2.45, 2.75) is 38.3 Å². The number of rotatable bonds is 7. The summed E-state index contributed by atoms with van der Waals surface area (Å²) in [5.74, 6) is -0.0901. The summed E-state index contributed by atoms with van der Waals surface area (Å²) >= 11 is 0. The first-order valence-corrected chi connectivity index (χ1v) is 9.55. The summed E-state index contributed by atoms with van der Waals surface area (Å²) in [6, 6.07) is 10.1. The minimum absolute atomic E-state index is 0.0901. The first-order valence-electron chi connectivity index (χ1n) is 9.55. The molecule has 1 atom stereocenters. The van der Waals surface area contributed by atoms with Gasteiger partial charge in [-0.25, -0.2) is 0 Å². The van der Waals surface area contributed by atoms with Crippen molar-refractivity contribution < 1.29 is 14.3 Å². The van der Waals surface area contributed by atoms with Crippen LogP contribution < -0.4 is 0 Å². The Bertz CT molecular complexity index is 511. The zero-order chi connectivity index (χ0) is 17.3. The molecule has 2 fully saturated rings. The summed E-state index contributed by atoms with van der Waals surface area (Å²) in [6.45, 7) is 7.01. The van der Waals surface area contributed by atoms with Gasteiger partial charge in [-0.1, -0.05) is 36.8 Å². The Morgan fingerprint density at radius 1 is 1.04 bits per heavy atom. The zero-order valence-electron chi connectivity index (χ0n) is 15.1. The van der Waals surface area contributed by atoms with Gasteiger partial charge in [-0.2, -0.15) is 0 Å². The lowest BCUT2D eigenvalue weighted by Gasteiger charge is -2.38. The van der Waals surface area contributed by atoms with E-state index in [4.69, 9.17) is 9.47 Å². The Morgan fingerprint density at radius 2 is 1.76 bits per heavy atom. The van der Waals surface area contributed by atoms with Gasteiger partial charge < -0.3 is 9.47 Å². The van der Waals surface area contributed by atoms with Crippen LogP contribution in [0.15, 0.2) is 30.3 Å². The molecule has 25 heavy (non-hydrogen) atoms. The highest BCUT2D eigenvalue weighted by molar-refractivity contribution is 5.70. The van der Waals surface area contributed by atoms with Crippen molar-refractivity contribution in [1.82, 2.24) is 9.80 Å². The number of ether oxygens (including phenoxy) is 2. The summed E-state index contributed by atoms with van der Waals surface area (Å²) in [5, 5.41) is 0. The SMILES string of the molecule is O=C(CC(CN1CCOCC1)N1CCCCC1)OCc1ccccc1. The molecule has 0 amide bonds. The van der Waals surface area contributed by atoms with Gasteiger partial charge in [-0.05, 0) is 31.5 Å². The van der Waals surface area contributed by atoms with Crippen molar-refractivity contribution in [2.24, 2.45) is 0 Å². The number of benzene rings is 1. The fourth-order valence-electron chi connectivity index (χ4n) is 3.66. The average Bonchev–Trinajstić information content (AvgIpc) is 2.68. The van der Waals surface area contributed by atoms with Crippen LogP contribution in [0.2, 0.25) is 0 Å². The number of carbonyl (C=O) groups is 1. The van der Waals surface area contributed by atoms with Crippen LogP contribution in [0.4, 0.5) is 0 Å². The summed E-state index contributed by atoms with van der Waals surface area (Å²) in [5.41, 5.74) is 1.04. The van der Waals surface area contributed by atoms with Gasteiger partial charge in [0.25, 0.3) is 0 Å². The average molecular weight is 346 g/mol. The van der Waals surface area contributed by atoms with Crippen molar-refractivity contribution in [2.75, 3.05) is 45.9 Å². The standard InChI is InChI=1S/C20H30N2O3/c23-20(25-17-18-7-3-1-4-8-18)15-19(22-9-5-2-6-10-22)16-21-11-13-24-14-12-21/h1,3-4,7-8,19H,2,5-6,9-17H2. The molecule has 138 valence electrons. The number of likely N-dealkylation sites (tertiary alicyclic amines) is 1. The van der Waals surface area contributed by atoms with Gasteiger partial charge in [0.15, 0.2) is 0 Å². The number of hydrogen-bond donors (Lipinski definition) is 0. The third-order valence-corrected chi connectivity index (χ3v) is 5.12. The van der Waals surface area contributed by atoms with Gasteiger partial charge in [0.1, 0.15) is 6.61 Å². The molecule has 0 aliphatic carbocycles. The van der Waals surface area contributed by atoms with E-state index in [1.165, 1.54) is 19.3 Å². The van der Waals surface area contributed by atoms with E-state index >= 15 is 0 Å². The lowest BCUT2D eigenvalue weighted by molar-refractivity contribution is -0.146. The highest BCUT2D eigenvalue weighted by atomic mass is 16.5. The normalized spacial score (nSPS) is 21.0. The van der Waals surface area contributed by atoms with E-state index in [0.717, 1.165) is 51.5 Å². The molecule has 0 N–H and O–H groups in total. The first kappa shape index (κ1) is 18.4.